The summed E-state index contributed by atoms with van der Waals surface area (Å²) in [5.41, 5.74) is 6.93. The van der Waals surface area contributed by atoms with Crippen LogP contribution < -0.4 is 11.1 Å². The van der Waals surface area contributed by atoms with Crippen molar-refractivity contribution in [1.82, 2.24) is 5.32 Å². The highest BCUT2D eigenvalue weighted by Gasteiger charge is 2.02. The zero-order valence-electron chi connectivity index (χ0n) is 9.62. The second kappa shape index (κ2) is 6.45. The molecule has 0 spiro atoms. The number of aliphatic imine (C=N–C) groups is 1. The van der Waals surface area contributed by atoms with Crippen LogP contribution >= 0.6 is 0 Å². The van der Waals surface area contributed by atoms with Crippen molar-refractivity contribution in [2.75, 3.05) is 26.3 Å². The lowest BCUT2D eigenvalue weighted by atomic mass is 10.2. The Bertz CT molecular complexity index is 246. The van der Waals surface area contributed by atoms with E-state index in [1.807, 2.05) is 0 Å². The van der Waals surface area contributed by atoms with E-state index in [4.69, 9.17) is 10.5 Å². The van der Waals surface area contributed by atoms with E-state index in [0.717, 1.165) is 19.6 Å². The predicted molar refractivity (Wildman–Crippen MR) is 62.8 cm³/mol. The van der Waals surface area contributed by atoms with E-state index in [2.05, 4.69) is 30.2 Å². The van der Waals surface area contributed by atoms with Crippen LogP contribution in [-0.4, -0.2) is 32.3 Å². The van der Waals surface area contributed by atoms with Crippen LogP contribution in [-0.2, 0) is 4.74 Å². The Morgan fingerprint density at radius 2 is 2.47 bits per heavy atom. The highest BCUT2D eigenvalue weighted by molar-refractivity contribution is 5.77. The molecule has 0 amide bonds. The molecule has 0 radical (unpaired) electrons. The van der Waals surface area contributed by atoms with Crippen molar-refractivity contribution in [3.8, 4) is 0 Å². The predicted octanol–water partition coefficient (Wildman–Crippen LogP) is 0.893. The summed E-state index contributed by atoms with van der Waals surface area (Å²) in [4.78, 5) is 4.25. The second-order valence-corrected chi connectivity index (χ2v) is 4.18. The molecule has 1 aliphatic heterocycles. The number of nitrogens with two attached hydrogens (primary N) is 1. The van der Waals surface area contributed by atoms with Crippen molar-refractivity contribution >= 4 is 5.96 Å². The van der Waals surface area contributed by atoms with E-state index in [-0.39, 0.29) is 0 Å². The van der Waals surface area contributed by atoms with Crippen molar-refractivity contribution in [2.45, 2.75) is 20.3 Å². The fourth-order valence-corrected chi connectivity index (χ4v) is 1.27. The van der Waals surface area contributed by atoms with Crippen LogP contribution in [0.25, 0.3) is 0 Å². The number of hydrogen-bond donors (Lipinski definition) is 2. The Hall–Kier alpha value is -1.03. The van der Waals surface area contributed by atoms with Gasteiger partial charge in [0, 0.05) is 6.54 Å². The molecule has 0 aromatic carbocycles. The maximum Gasteiger partial charge on any atom is 0.188 e. The zero-order chi connectivity index (χ0) is 11.1. The highest BCUT2D eigenvalue weighted by atomic mass is 16.5. The number of guanidine groups is 1. The molecule has 0 fully saturated rings. The lowest BCUT2D eigenvalue weighted by Crippen LogP contribution is -2.34. The van der Waals surface area contributed by atoms with Crippen LogP contribution in [0, 0.1) is 5.92 Å². The third-order valence-electron chi connectivity index (χ3n) is 2.13. The largest absolute Gasteiger partial charge is 0.377 e. The van der Waals surface area contributed by atoms with Crippen LogP contribution in [0.3, 0.4) is 0 Å². The number of nitrogens with zero attached hydrogens (tertiary/aromatic N) is 1. The molecule has 1 rings (SSSR count). The van der Waals surface area contributed by atoms with E-state index in [9.17, 15) is 0 Å². The summed E-state index contributed by atoms with van der Waals surface area (Å²) in [7, 11) is 0. The fourth-order valence-electron chi connectivity index (χ4n) is 1.27. The molecule has 0 saturated carbocycles. The molecule has 0 aliphatic carbocycles. The first-order chi connectivity index (χ1) is 7.18. The second-order valence-electron chi connectivity index (χ2n) is 4.18. The van der Waals surface area contributed by atoms with Crippen LogP contribution in [0.15, 0.2) is 16.6 Å². The summed E-state index contributed by atoms with van der Waals surface area (Å²) in [6.07, 6.45) is 3.17. The Kier molecular flexibility index (Phi) is 5.18. The number of ether oxygens (including phenoxy) is 1. The molecule has 1 heterocycles. The van der Waals surface area contributed by atoms with Gasteiger partial charge in [0.05, 0.1) is 19.8 Å². The highest BCUT2D eigenvalue weighted by Crippen LogP contribution is 2.05. The maximum absolute atomic E-state index is 5.71. The summed E-state index contributed by atoms with van der Waals surface area (Å²) in [5.74, 6) is 1.10. The quantitative estimate of drug-likeness (QED) is 0.412. The Morgan fingerprint density at radius 3 is 3.07 bits per heavy atom. The smallest absolute Gasteiger partial charge is 0.188 e. The average molecular weight is 211 g/mol. The van der Waals surface area contributed by atoms with E-state index in [1.165, 1.54) is 5.57 Å². The molecule has 0 aromatic heterocycles. The van der Waals surface area contributed by atoms with Crippen LogP contribution in [0.2, 0.25) is 0 Å². The lowest BCUT2D eigenvalue weighted by molar-refractivity contribution is 0.150. The van der Waals surface area contributed by atoms with Crippen molar-refractivity contribution in [3.05, 3.63) is 11.6 Å². The maximum atomic E-state index is 5.71. The minimum absolute atomic E-state index is 0.523. The summed E-state index contributed by atoms with van der Waals surface area (Å²) >= 11 is 0. The van der Waals surface area contributed by atoms with E-state index >= 15 is 0 Å². The van der Waals surface area contributed by atoms with Gasteiger partial charge in [0.15, 0.2) is 5.96 Å². The van der Waals surface area contributed by atoms with Gasteiger partial charge in [0.25, 0.3) is 0 Å². The topological polar surface area (TPSA) is 59.6 Å². The number of hydrogen-bond acceptors (Lipinski definition) is 2. The molecule has 15 heavy (non-hydrogen) atoms. The van der Waals surface area contributed by atoms with Crippen molar-refractivity contribution in [2.24, 2.45) is 16.6 Å². The number of nitrogens with one attached hydrogen (secondary N) is 1. The minimum atomic E-state index is 0.523. The van der Waals surface area contributed by atoms with Gasteiger partial charge in [-0.3, -0.25) is 0 Å². The van der Waals surface area contributed by atoms with Gasteiger partial charge in [-0.2, -0.15) is 0 Å². The summed E-state index contributed by atoms with van der Waals surface area (Å²) in [6, 6.07) is 0. The minimum Gasteiger partial charge on any atom is -0.377 e. The summed E-state index contributed by atoms with van der Waals surface area (Å²) < 4.78 is 5.31. The van der Waals surface area contributed by atoms with Gasteiger partial charge in [0.2, 0.25) is 0 Å². The normalized spacial score (nSPS) is 17.8. The van der Waals surface area contributed by atoms with Gasteiger partial charge in [-0.25, -0.2) is 4.99 Å². The van der Waals surface area contributed by atoms with Crippen molar-refractivity contribution < 1.29 is 4.74 Å². The van der Waals surface area contributed by atoms with Crippen LogP contribution in [0.1, 0.15) is 20.3 Å². The standard InChI is InChI=1S/C11H21N3O/c1-9(2)6-13-11(12)14-7-10-4-3-5-15-8-10/h4,9H,3,5-8H2,1-2H3,(H3,12,13,14). The first-order valence-electron chi connectivity index (χ1n) is 5.48. The third kappa shape index (κ3) is 5.42. The van der Waals surface area contributed by atoms with E-state index in [1.54, 1.807) is 0 Å². The van der Waals surface area contributed by atoms with Gasteiger partial charge in [-0.05, 0) is 17.9 Å². The van der Waals surface area contributed by atoms with Crippen LogP contribution in [0.4, 0.5) is 0 Å². The molecule has 0 unspecified atom stereocenters. The molecular weight excluding hydrogens is 190 g/mol. The monoisotopic (exact) mass is 211 g/mol. The Labute approximate surface area is 91.6 Å². The first-order valence-corrected chi connectivity index (χ1v) is 5.48. The molecule has 4 nitrogen and oxygen atoms in total. The van der Waals surface area contributed by atoms with Gasteiger partial charge in [0.1, 0.15) is 0 Å². The molecule has 4 heteroatoms. The first kappa shape index (κ1) is 12.0. The van der Waals surface area contributed by atoms with E-state index < -0.39 is 0 Å². The molecule has 0 aromatic rings. The van der Waals surface area contributed by atoms with Gasteiger partial charge in [-0.1, -0.05) is 19.9 Å². The Morgan fingerprint density at radius 1 is 1.67 bits per heavy atom. The summed E-state index contributed by atoms with van der Waals surface area (Å²) in [5, 5.41) is 3.08. The fraction of sp³-hybridized carbons (Fsp3) is 0.727. The molecule has 0 atom stereocenters. The molecule has 0 bridgehead atoms. The van der Waals surface area contributed by atoms with Gasteiger partial charge >= 0.3 is 0 Å². The molecular formula is C11H21N3O. The Balaban J connectivity index is 2.26. The van der Waals surface area contributed by atoms with Crippen molar-refractivity contribution in [1.29, 1.82) is 0 Å². The molecule has 0 saturated heterocycles. The lowest BCUT2D eigenvalue weighted by Gasteiger charge is -2.12. The third-order valence-corrected chi connectivity index (χ3v) is 2.13. The van der Waals surface area contributed by atoms with E-state index in [0.29, 0.717) is 25.0 Å². The van der Waals surface area contributed by atoms with Crippen LogP contribution in [0.5, 0.6) is 0 Å². The number of rotatable bonds is 4. The van der Waals surface area contributed by atoms with Crippen molar-refractivity contribution in [3.63, 3.8) is 0 Å². The zero-order valence-corrected chi connectivity index (χ0v) is 9.62. The molecule has 3 N–H and O–H groups in total. The molecule has 1 aliphatic rings. The van der Waals surface area contributed by atoms with Gasteiger partial charge in [-0.15, -0.1) is 0 Å². The SMILES string of the molecule is CC(C)CNC(N)=NCC1=CCCOC1. The van der Waals surface area contributed by atoms with Gasteiger partial charge < -0.3 is 15.8 Å². The molecule has 86 valence electrons. The average Bonchev–Trinajstić information content (AvgIpc) is 2.25. The summed E-state index contributed by atoms with van der Waals surface area (Å²) in [6.45, 7) is 7.31.